The Hall–Kier alpha value is -0.820. The van der Waals surface area contributed by atoms with Crippen LogP contribution in [0.2, 0.25) is 0 Å². The van der Waals surface area contributed by atoms with Gasteiger partial charge in [-0.1, -0.05) is 0 Å². The van der Waals surface area contributed by atoms with Gasteiger partial charge in [0, 0.05) is 25.2 Å². The largest absolute Gasteiger partial charge is 0.391 e. The van der Waals surface area contributed by atoms with Gasteiger partial charge in [-0.15, -0.1) is 0 Å². The molecule has 100 valence electrons. The van der Waals surface area contributed by atoms with Crippen molar-refractivity contribution in [1.29, 1.82) is 0 Å². The first kappa shape index (κ1) is 14.2. The van der Waals surface area contributed by atoms with Crippen molar-refractivity contribution in [3.05, 3.63) is 0 Å². The highest BCUT2D eigenvalue weighted by atomic mass is 19.4. The van der Waals surface area contributed by atoms with Crippen LogP contribution in [0.25, 0.3) is 0 Å². The Morgan fingerprint density at radius 3 is 2.53 bits per heavy atom. The van der Waals surface area contributed by atoms with Crippen LogP contribution in [0.5, 0.6) is 0 Å². The molecule has 0 aliphatic carbocycles. The summed E-state index contributed by atoms with van der Waals surface area (Å²) in [6.45, 7) is 4.38. The summed E-state index contributed by atoms with van der Waals surface area (Å²) in [6, 6.07) is -1.09. The molecule has 1 saturated heterocycles. The van der Waals surface area contributed by atoms with E-state index >= 15 is 0 Å². The fraction of sp³-hybridized carbons (Fsp3) is 0.900. The Bertz CT molecular complexity index is 262. The molecule has 1 aliphatic rings. The lowest BCUT2D eigenvalue weighted by molar-refractivity contribution is -0.141. The Kier molecular flexibility index (Phi) is 4.76. The molecule has 3 atom stereocenters. The number of alkyl halides is 3. The maximum Gasteiger partial charge on any atom is 0.391 e. The van der Waals surface area contributed by atoms with Gasteiger partial charge in [-0.3, -0.25) is 4.79 Å². The highest BCUT2D eigenvalue weighted by Gasteiger charge is 2.32. The Morgan fingerprint density at radius 2 is 2.06 bits per heavy atom. The molecule has 1 fully saturated rings. The standard InChI is InChI=1S/C10H18F3N3O/c1-6(3-10(11,12)13)16-9(17)8-5-14-7(2)4-15-8/h6-8,14-15H,3-5H2,1-2H3,(H,16,17). The number of carbonyl (C=O) groups is 1. The molecular formula is C10H18F3N3O. The summed E-state index contributed by atoms with van der Waals surface area (Å²) in [4.78, 5) is 11.6. The lowest BCUT2D eigenvalue weighted by Crippen LogP contribution is -2.59. The van der Waals surface area contributed by atoms with E-state index in [2.05, 4.69) is 16.0 Å². The summed E-state index contributed by atoms with van der Waals surface area (Å²) in [5.74, 6) is -0.388. The van der Waals surface area contributed by atoms with Crippen molar-refractivity contribution in [3.8, 4) is 0 Å². The van der Waals surface area contributed by atoms with E-state index in [9.17, 15) is 18.0 Å². The van der Waals surface area contributed by atoms with Crippen molar-refractivity contribution >= 4 is 5.91 Å². The van der Waals surface area contributed by atoms with Gasteiger partial charge in [0.2, 0.25) is 5.91 Å². The van der Waals surface area contributed by atoms with Crippen LogP contribution in [0, 0.1) is 0 Å². The number of halogens is 3. The first-order chi connectivity index (χ1) is 7.78. The molecule has 0 aromatic carbocycles. The van der Waals surface area contributed by atoms with Gasteiger partial charge in [0.05, 0.1) is 12.5 Å². The molecule has 1 aliphatic heterocycles. The summed E-state index contributed by atoms with van der Waals surface area (Å²) >= 11 is 0. The zero-order chi connectivity index (χ0) is 13.1. The summed E-state index contributed by atoms with van der Waals surface area (Å²) in [5, 5.41) is 8.43. The molecule has 1 amide bonds. The second-order valence-corrected chi connectivity index (χ2v) is 4.50. The SMILES string of the molecule is CC1CNC(C(=O)NC(C)CC(F)(F)F)CN1. The molecule has 0 aromatic heterocycles. The fourth-order valence-electron chi connectivity index (χ4n) is 1.71. The highest BCUT2D eigenvalue weighted by molar-refractivity contribution is 5.82. The molecule has 3 unspecified atom stereocenters. The maximum atomic E-state index is 12.1. The molecule has 0 aromatic rings. The fourth-order valence-corrected chi connectivity index (χ4v) is 1.71. The van der Waals surface area contributed by atoms with E-state index in [-0.39, 0.29) is 11.9 Å². The molecular weight excluding hydrogens is 235 g/mol. The minimum absolute atomic E-state index is 0.270. The highest BCUT2D eigenvalue weighted by Crippen LogP contribution is 2.21. The van der Waals surface area contributed by atoms with Gasteiger partial charge in [0.1, 0.15) is 0 Å². The summed E-state index contributed by atoms with van der Waals surface area (Å²) in [6.07, 6.45) is -5.26. The maximum absolute atomic E-state index is 12.1. The monoisotopic (exact) mass is 253 g/mol. The second-order valence-electron chi connectivity index (χ2n) is 4.50. The van der Waals surface area contributed by atoms with Crippen LogP contribution in [0.3, 0.4) is 0 Å². The molecule has 7 heteroatoms. The van der Waals surface area contributed by atoms with Crippen LogP contribution in [-0.2, 0) is 4.79 Å². The normalized spacial score (nSPS) is 27.6. The number of carbonyl (C=O) groups excluding carboxylic acids is 1. The molecule has 0 spiro atoms. The van der Waals surface area contributed by atoms with E-state index < -0.39 is 24.7 Å². The third kappa shape index (κ3) is 5.36. The molecule has 0 saturated carbocycles. The van der Waals surface area contributed by atoms with E-state index in [1.54, 1.807) is 0 Å². The number of amides is 1. The van der Waals surface area contributed by atoms with Crippen LogP contribution in [-0.4, -0.2) is 43.3 Å². The van der Waals surface area contributed by atoms with Crippen molar-refractivity contribution in [3.63, 3.8) is 0 Å². The first-order valence-electron chi connectivity index (χ1n) is 5.62. The molecule has 4 nitrogen and oxygen atoms in total. The lowest BCUT2D eigenvalue weighted by Gasteiger charge is -2.29. The average Bonchev–Trinajstić information content (AvgIpc) is 2.15. The molecule has 17 heavy (non-hydrogen) atoms. The summed E-state index contributed by atoms with van der Waals surface area (Å²) < 4.78 is 36.2. The predicted octanol–water partition coefficient (Wildman–Crippen LogP) is 0.393. The van der Waals surface area contributed by atoms with Gasteiger partial charge in [-0.25, -0.2) is 0 Å². The minimum Gasteiger partial charge on any atom is -0.352 e. The minimum atomic E-state index is -4.25. The van der Waals surface area contributed by atoms with E-state index in [4.69, 9.17) is 0 Å². The van der Waals surface area contributed by atoms with Gasteiger partial charge in [-0.2, -0.15) is 13.2 Å². The lowest BCUT2D eigenvalue weighted by atomic mass is 10.1. The van der Waals surface area contributed by atoms with E-state index in [0.29, 0.717) is 13.1 Å². The number of hydrogen-bond donors (Lipinski definition) is 3. The summed E-state index contributed by atoms with van der Waals surface area (Å²) in [5.41, 5.74) is 0. The Morgan fingerprint density at radius 1 is 1.41 bits per heavy atom. The van der Waals surface area contributed by atoms with E-state index in [0.717, 1.165) is 0 Å². The van der Waals surface area contributed by atoms with Gasteiger partial charge >= 0.3 is 6.18 Å². The van der Waals surface area contributed by atoms with Gasteiger partial charge in [0.25, 0.3) is 0 Å². The number of hydrogen-bond acceptors (Lipinski definition) is 3. The number of nitrogens with one attached hydrogen (secondary N) is 3. The predicted molar refractivity (Wildman–Crippen MR) is 57.5 cm³/mol. The number of rotatable bonds is 3. The van der Waals surface area contributed by atoms with Crippen LogP contribution < -0.4 is 16.0 Å². The number of piperazine rings is 1. The second kappa shape index (κ2) is 5.68. The molecule has 1 heterocycles. The van der Waals surface area contributed by atoms with Crippen molar-refractivity contribution in [2.75, 3.05) is 13.1 Å². The first-order valence-corrected chi connectivity index (χ1v) is 5.62. The van der Waals surface area contributed by atoms with Crippen LogP contribution in [0.15, 0.2) is 0 Å². The van der Waals surface area contributed by atoms with Crippen molar-refractivity contribution in [2.24, 2.45) is 0 Å². The zero-order valence-corrected chi connectivity index (χ0v) is 9.90. The molecule has 0 bridgehead atoms. The zero-order valence-electron chi connectivity index (χ0n) is 9.90. The van der Waals surface area contributed by atoms with E-state index in [1.807, 2.05) is 6.92 Å². The smallest absolute Gasteiger partial charge is 0.352 e. The van der Waals surface area contributed by atoms with Crippen LogP contribution in [0.4, 0.5) is 13.2 Å². The van der Waals surface area contributed by atoms with Gasteiger partial charge < -0.3 is 16.0 Å². The molecule has 0 radical (unpaired) electrons. The van der Waals surface area contributed by atoms with Crippen molar-refractivity contribution in [2.45, 2.75) is 44.6 Å². The van der Waals surface area contributed by atoms with Crippen LogP contribution in [0.1, 0.15) is 20.3 Å². The quantitative estimate of drug-likeness (QED) is 0.682. The third-order valence-corrected chi connectivity index (χ3v) is 2.58. The Balaban J connectivity index is 2.33. The third-order valence-electron chi connectivity index (χ3n) is 2.58. The molecule has 3 N–H and O–H groups in total. The molecule has 1 rings (SSSR count). The van der Waals surface area contributed by atoms with E-state index in [1.165, 1.54) is 6.92 Å². The van der Waals surface area contributed by atoms with Crippen molar-refractivity contribution < 1.29 is 18.0 Å². The summed E-state index contributed by atoms with van der Waals surface area (Å²) in [7, 11) is 0. The van der Waals surface area contributed by atoms with Crippen molar-refractivity contribution in [1.82, 2.24) is 16.0 Å². The topological polar surface area (TPSA) is 53.2 Å². The van der Waals surface area contributed by atoms with Gasteiger partial charge in [0.15, 0.2) is 0 Å². The average molecular weight is 253 g/mol. The van der Waals surface area contributed by atoms with Gasteiger partial charge in [-0.05, 0) is 13.8 Å². The van der Waals surface area contributed by atoms with Crippen LogP contribution >= 0.6 is 0 Å². The Labute approximate surface area is 98.3 Å².